The smallest absolute Gasteiger partial charge is 0.167 e. The monoisotopic (exact) mass is 364 g/mol. The molecule has 6 heteroatoms. The minimum Gasteiger partial charge on any atom is -0.388 e. The summed E-state index contributed by atoms with van der Waals surface area (Å²) in [5, 5.41) is 0. The van der Waals surface area contributed by atoms with E-state index in [9.17, 15) is 4.79 Å². The Balaban J connectivity index is 0.000000437. The van der Waals surface area contributed by atoms with Crippen molar-refractivity contribution in [3.05, 3.63) is 29.6 Å². The van der Waals surface area contributed by atoms with Crippen LogP contribution in [-0.4, -0.2) is 29.5 Å². The third-order valence-electron chi connectivity index (χ3n) is 1.96. The molecule has 2 aromatic heterocycles. The Morgan fingerprint density at radius 2 is 2.12 bits per heavy atom. The number of pyridine rings is 1. The van der Waals surface area contributed by atoms with Crippen molar-refractivity contribution in [2.45, 2.75) is 6.92 Å². The molecule has 0 N–H and O–H groups in total. The number of ether oxygens (including phenoxy) is 1. The Labute approximate surface area is 116 Å². The van der Waals surface area contributed by atoms with Crippen molar-refractivity contribution in [3.8, 4) is 0 Å². The van der Waals surface area contributed by atoms with Gasteiger partial charge < -0.3 is 4.74 Å². The van der Waals surface area contributed by atoms with Crippen LogP contribution in [0.3, 0.4) is 0 Å². The molecule has 0 aliphatic carbocycles. The quantitative estimate of drug-likeness (QED) is 0.606. The van der Waals surface area contributed by atoms with Gasteiger partial charge in [0.25, 0.3) is 0 Å². The molecule has 0 spiro atoms. The summed E-state index contributed by atoms with van der Waals surface area (Å²) in [7, 11) is 4.73. The number of methoxy groups -OCH3 is 1. The summed E-state index contributed by atoms with van der Waals surface area (Å²) in [4.78, 5) is 15.0. The van der Waals surface area contributed by atoms with Crippen LogP contribution in [0.15, 0.2) is 18.3 Å². The first kappa shape index (κ1) is 14.5. The standard InChI is InChI=1S/C9H7IN2OS.C2H6O/c1-6-2-9-8(11-4-6)3-7(5-13)12(9)14-10;1-3-2/h2-5H,1H3;1-2H3. The minimum atomic E-state index is 0.650. The summed E-state index contributed by atoms with van der Waals surface area (Å²) >= 11 is 2.15. The number of nitrogens with zero attached hydrogens (tertiary/aromatic N) is 2. The number of fused-ring (bicyclic) bond motifs is 1. The normalized spacial score (nSPS) is 9.88. The summed E-state index contributed by atoms with van der Waals surface area (Å²) in [6, 6.07) is 3.83. The van der Waals surface area contributed by atoms with Gasteiger partial charge in [-0.2, -0.15) is 0 Å². The highest BCUT2D eigenvalue weighted by molar-refractivity contribution is 14.2. The summed E-state index contributed by atoms with van der Waals surface area (Å²) in [6.07, 6.45) is 2.65. The highest BCUT2D eigenvalue weighted by Gasteiger charge is 2.08. The maximum Gasteiger partial charge on any atom is 0.167 e. The molecule has 4 nitrogen and oxygen atoms in total. The third-order valence-corrected chi connectivity index (χ3v) is 3.69. The first-order chi connectivity index (χ1) is 8.17. The van der Waals surface area contributed by atoms with Crippen LogP contribution >= 0.6 is 30.3 Å². The largest absolute Gasteiger partial charge is 0.388 e. The molecule has 17 heavy (non-hydrogen) atoms. The van der Waals surface area contributed by atoms with Crippen LogP contribution in [0, 0.1) is 6.92 Å². The number of aldehydes is 1. The van der Waals surface area contributed by atoms with Gasteiger partial charge in [0.1, 0.15) is 0 Å². The number of carbonyl (C=O) groups excluding carboxylic acids is 1. The van der Waals surface area contributed by atoms with Gasteiger partial charge in [-0.3, -0.25) is 13.8 Å². The third kappa shape index (κ3) is 3.43. The van der Waals surface area contributed by atoms with Crippen molar-refractivity contribution in [3.63, 3.8) is 0 Å². The van der Waals surface area contributed by atoms with E-state index in [1.54, 1.807) is 26.5 Å². The molecule has 2 aromatic rings. The maximum absolute atomic E-state index is 10.8. The van der Waals surface area contributed by atoms with Gasteiger partial charge in [-0.1, -0.05) is 0 Å². The molecule has 92 valence electrons. The van der Waals surface area contributed by atoms with Crippen molar-refractivity contribution in [2.24, 2.45) is 0 Å². The zero-order chi connectivity index (χ0) is 12.8. The van der Waals surface area contributed by atoms with Gasteiger partial charge in [0.05, 0.1) is 16.7 Å². The molecule has 0 fully saturated rings. The van der Waals surface area contributed by atoms with Crippen molar-refractivity contribution in [2.75, 3.05) is 14.2 Å². The van der Waals surface area contributed by atoms with Crippen molar-refractivity contribution < 1.29 is 9.53 Å². The van der Waals surface area contributed by atoms with Crippen molar-refractivity contribution in [1.82, 2.24) is 8.96 Å². The number of halogens is 1. The van der Waals surface area contributed by atoms with E-state index < -0.39 is 0 Å². The van der Waals surface area contributed by atoms with E-state index >= 15 is 0 Å². The van der Waals surface area contributed by atoms with E-state index in [0.717, 1.165) is 22.9 Å². The average molecular weight is 364 g/mol. The van der Waals surface area contributed by atoms with Crippen LogP contribution in [0.2, 0.25) is 0 Å². The summed E-state index contributed by atoms with van der Waals surface area (Å²) in [6.45, 7) is 1.99. The lowest BCUT2D eigenvalue weighted by atomic mass is 10.3. The van der Waals surface area contributed by atoms with E-state index in [0.29, 0.717) is 5.69 Å². The number of carbonyl (C=O) groups is 1. The van der Waals surface area contributed by atoms with Crippen LogP contribution in [0.4, 0.5) is 0 Å². The zero-order valence-corrected chi connectivity index (χ0v) is 12.8. The van der Waals surface area contributed by atoms with Gasteiger partial charge in [0.2, 0.25) is 0 Å². The molecule has 0 amide bonds. The molecule has 0 radical (unpaired) electrons. The topological polar surface area (TPSA) is 44.1 Å². The van der Waals surface area contributed by atoms with Gasteiger partial charge >= 0.3 is 0 Å². The molecule has 0 atom stereocenters. The summed E-state index contributed by atoms with van der Waals surface area (Å²) in [5.41, 5.74) is 3.60. The van der Waals surface area contributed by atoms with Gasteiger partial charge in [-0.15, -0.1) is 0 Å². The van der Waals surface area contributed by atoms with Crippen LogP contribution < -0.4 is 0 Å². The number of aryl methyl sites for hydroxylation is 1. The predicted molar refractivity (Wildman–Crippen MR) is 79.8 cm³/mol. The number of rotatable bonds is 2. The number of aromatic nitrogens is 2. The molecule has 0 unspecified atom stereocenters. The first-order valence-electron chi connectivity index (χ1n) is 4.80. The van der Waals surface area contributed by atoms with Crippen LogP contribution in [0.5, 0.6) is 0 Å². The molecular weight excluding hydrogens is 351 g/mol. The predicted octanol–water partition coefficient (Wildman–Crippen LogP) is 3.27. The molecule has 0 aliphatic rings. The minimum absolute atomic E-state index is 0.650. The second-order valence-electron chi connectivity index (χ2n) is 3.38. The van der Waals surface area contributed by atoms with Crippen LogP contribution in [-0.2, 0) is 4.74 Å². The van der Waals surface area contributed by atoms with Gasteiger partial charge in [-0.25, -0.2) is 0 Å². The fourth-order valence-corrected chi connectivity index (χ4v) is 3.05. The first-order valence-corrected chi connectivity index (χ1v) is 8.12. The fourth-order valence-electron chi connectivity index (χ4n) is 1.33. The second-order valence-corrected chi connectivity index (χ2v) is 5.06. The van der Waals surface area contributed by atoms with E-state index in [4.69, 9.17) is 0 Å². The highest BCUT2D eigenvalue weighted by atomic mass is 127. The van der Waals surface area contributed by atoms with Crippen LogP contribution in [0.25, 0.3) is 11.0 Å². The van der Waals surface area contributed by atoms with Gasteiger partial charge in [-0.05, 0) is 24.6 Å². The highest BCUT2D eigenvalue weighted by Crippen LogP contribution is 2.26. The summed E-state index contributed by atoms with van der Waals surface area (Å²) in [5.74, 6) is 0. The summed E-state index contributed by atoms with van der Waals surface area (Å²) < 4.78 is 6.13. The fraction of sp³-hybridized carbons (Fsp3) is 0.273. The second kappa shape index (κ2) is 6.97. The number of hydrogen-bond acceptors (Lipinski definition) is 4. The van der Waals surface area contributed by atoms with E-state index in [1.807, 2.05) is 17.0 Å². The molecular formula is C11H13IN2O2S. The average Bonchev–Trinajstić information content (AvgIpc) is 2.66. The molecule has 0 saturated heterocycles. The maximum atomic E-state index is 10.8. The lowest BCUT2D eigenvalue weighted by Crippen LogP contribution is -1.89. The van der Waals surface area contributed by atoms with E-state index in [-0.39, 0.29) is 0 Å². The van der Waals surface area contributed by atoms with Crippen LogP contribution in [0.1, 0.15) is 16.1 Å². The SMILES string of the molecule is COC.Cc1cnc2cc(C=O)n(SI)c2c1. The molecule has 0 aromatic carbocycles. The Morgan fingerprint density at radius 1 is 1.47 bits per heavy atom. The van der Waals surface area contributed by atoms with Crippen molar-refractivity contribution >= 4 is 47.6 Å². The zero-order valence-electron chi connectivity index (χ0n) is 9.81. The Morgan fingerprint density at radius 3 is 2.65 bits per heavy atom. The van der Waals surface area contributed by atoms with Gasteiger partial charge in [0.15, 0.2) is 6.29 Å². The Bertz CT molecular complexity index is 513. The molecule has 2 heterocycles. The lowest BCUT2D eigenvalue weighted by molar-refractivity contribution is 0.111. The Hall–Kier alpha value is -0.600. The van der Waals surface area contributed by atoms with E-state index in [2.05, 4.69) is 30.9 Å². The molecule has 2 rings (SSSR count). The molecule has 0 saturated carbocycles. The van der Waals surface area contributed by atoms with Gasteiger partial charge in [0, 0.05) is 50.7 Å². The van der Waals surface area contributed by atoms with Crippen molar-refractivity contribution in [1.29, 1.82) is 0 Å². The molecule has 0 aliphatic heterocycles. The number of hydrogen-bond donors (Lipinski definition) is 0. The molecule has 0 bridgehead atoms. The Kier molecular flexibility index (Phi) is 5.93. The lowest BCUT2D eigenvalue weighted by Gasteiger charge is -1.99. The van der Waals surface area contributed by atoms with E-state index in [1.165, 1.54) is 9.12 Å².